The summed E-state index contributed by atoms with van der Waals surface area (Å²) >= 11 is 0. The van der Waals surface area contributed by atoms with Crippen molar-refractivity contribution in [2.24, 2.45) is 0 Å². The Bertz CT molecular complexity index is 406. The summed E-state index contributed by atoms with van der Waals surface area (Å²) in [5.41, 5.74) is 2.63. The Morgan fingerprint density at radius 2 is 1.94 bits per heavy atom. The minimum Gasteiger partial charge on any atom is -0.368 e. The summed E-state index contributed by atoms with van der Waals surface area (Å²) in [4.78, 5) is 4.64. The molecule has 1 aliphatic heterocycles. The van der Waals surface area contributed by atoms with Gasteiger partial charge in [-0.25, -0.2) is 0 Å². The number of hydrogen-bond donors (Lipinski definition) is 1. The van der Waals surface area contributed by atoms with Gasteiger partial charge in [0, 0.05) is 38.3 Å². The van der Waals surface area contributed by atoms with E-state index in [1.54, 1.807) is 0 Å². The van der Waals surface area contributed by atoms with Crippen LogP contribution in [0.4, 0.5) is 5.69 Å². The number of anilines is 1. The number of amidine groups is 1. The van der Waals surface area contributed by atoms with Gasteiger partial charge in [-0.15, -0.1) is 0 Å². The third-order valence-electron chi connectivity index (χ3n) is 3.51. The molecule has 0 atom stereocenters. The van der Waals surface area contributed by atoms with Crippen LogP contribution in [0.1, 0.15) is 25.3 Å². The van der Waals surface area contributed by atoms with E-state index in [2.05, 4.69) is 47.9 Å². The monoisotopic (exact) mass is 245 g/mol. The SMILES string of the molecule is CCCC(=N)N1CCN(c2cccc(C)c2)CC1. The predicted octanol–water partition coefficient (Wildman–Crippen LogP) is 2.89. The summed E-state index contributed by atoms with van der Waals surface area (Å²) in [5.74, 6) is 0.807. The summed E-state index contributed by atoms with van der Waals surface area (Å²) in [6.45, 7) is 8.28. The van der Waals surface area contributed by atoms with E-state index < -0.39 is 0 Å². The average Bonchev–Trinajstić information content (AvgIpc) is 2.39. The number of piperazine rings is 1. The lowest BCUT2D eigenvalue weighted by Crippen LogP contribution is -2.48. The molecule has 0 unspecified atom stereocenters. The maximum absolute atomic E-state index is 8.00. The van der Waals surface area contributed by atoms with Crippen LogP contribution >= 0.6 is 0 Å². The van der Waals surface area contributed by atoms with E-state index in [-0.39, 0.29) is 0 Å². The second kappa shape index (κ2) is 5.89. The fourth-order valence-corrected chi connectivity index (χ4v) is 2.45. The molecule has 1 saturated heterocycles. The highest BCUT2D eigenvalue weighted by Crippen LogP contribution is 2.18. The van der Waals surface area contributed by atoms with Crippen molar-refractivity contribution >= 4 is 11.5 Å². The largest absolute Gasteiger partial charge is 0.368 e. The highest BCUT2D eigenvalue weighted by Gasteiger charge is 2.18. The summed E-state index contributed by atoms with van der Waals surface area (Å²) in [6.07, 6.45) is 1.97. The van der Waals surface area contributed by atoms with Crippen molar-refractivity contribution in [1.82, 2.24) is 4.90 Å². The number of nitrogens with one attached hydrogen (secondary N) is 1. The Balaban J connectivity index is 1.92. The molecule has 1 aromatic rings. The van der Waals surface area contributed by atoms with Crippen LogP contribution in [0, 0.1) is 12.3 Å². The second-order valence-electron chi connectivity index (χ2n) is 5.01. The van der Waals surface area contributed by atoms with Gasteiger partial charge >= 0.3 is 0 Å². The molecule has 0 bridgehead atoms. The van der Waals surface area contributed by atoms with Crippen LogP contribution in [-0.4, -0.2) is 36.9 Å². The normalized spacial score (nSPS) is 15.9. The number of nitrogens with zero attached hydrogens (tertiary/aromatic N) is 2. The summed E-state index contributed by atoms with van der Waals surface area (Å²) < 4.78 is 0. The summed E-state index contributed by atoms with van der Waals surface area (Å²) in [6, 6.07) is 8.68. The first-order chi connectivity index (χ1) is 8.70. The molecule has 0 amide bonds. The molecule has 98 valence electrons. The summed E-state index contributed by atoms with van der Waals surface area (Å²) in [5, 5.41) is 8.00. The Hall–Kier alpha value is -1.51. The van der Waals surface area contributed by atoms with Gasteiger partial charge in [0.25, 0.3) is 0 Å². The molecule has 1 N–H and O–H groups in total. The fraction of sp³-hybridized carbons (Fsp3) is 0.533. The zero-order chi connectivity index (χ0) is 13.0. The van der Waals surface area contributed by atoms with Crippen LogP contribution in [0.15, 0.2) is 24.3 Å². The number of hydrogen-bond acceptors (Lipinski definition) is 2. The molecule has 0 spiro atoms. The Labute approximate surface area is 110 Å². The van der Waals surface area contributed by atoms with Crippen LogP contribution in [0.3, 0.4) is 0 Å². The minimum atomic E-state index is 0.807. The standard InChI is InChI=1S/C15H23N3/c1-3-5-15(16)18-10-8-17(9-11-18)14-7-4-6-13(2)12-14/h4,6-7,12,16H,3,5,8-11H2,1-2H3. The topological polar surface area (TPSA) is 30.3 Å². The van der Waals surface area contributed by atoms with Gasteiger partial charge in [-0.2, -0.15) is 0 Å². The van der Waals surface area contributed by atoms with E-state index in [0.29, 0.717) is 0 Å². The maximum Gasteiger partial charge on any atom is 0.0958 e. The van der Waals surface area contributed by atoms with Gasteiger partial charge in [0.15, 0.2) is 0 Å². The number of aryl methyl sites for hydroxylation is 1. The first-order valence-electron chi connectivity index (χ1n) is 6.84. The molecule has 0 saturated carbocycles. The molecule has 1 aliphatic rings. The zero-order valence-electron chi connectivity index (χ0n) is 11.4. The summed E-state index contributed by atoms with van der Waals surface area (Å²) in [7, 11) is 0. The van der Waals surface area contributed by atoms with E-state index in [4.69, 9.17) is 5.41 Å². The van der Waals surface area contributed by atoms with Crippen LogP contribution in [0.5, 0.6) is 0 Å². The third kappa shape index (κ3) is 3.03. The van der Waals surface area contributed by atoms with Crippen molar-refractivity contribution in [1.29, 1.82) is 5.41 Å². The van der Waals surface area contributed by atoms with Crippen molar-refractivity contribution in [3.63, 3.8) is 0 Å². The quantitative estimate of drug-likeness (QED) is 0.655. The van der Waals surface area contributed by atoms with Crippen molar-refractivity contribution in [3.05, 3.63) is 29.8 Å². The van der Waals surface area contributed by atoms with Crippen LogP contribution in [0.25, 0.3) is 0 Å². The van der Waals surface area contributed by atoms with Gasteiger partial charge in [-0.1, -0.05) is 19.1 Å². The molecule has 18 heavy (non-hydrogen) atoms. The van der Waals surface area contributed by atoms with Gasteiger partial charge in [0.1, 0.15) is 0 Å². The highest BCUT2D eigenvalue weighted by atomic mass is 15.3. The molecule has 1 aromatic carbocycles. The Kier molecular flexibility index (Phi) is 4.24. The highest BCUT2D eigenvalue weighted by molar-refractivity contribution is 5.79. The predicted molar refractivity (Wildman–Crippen MR) is 77.6 cm³/mol. The molecule has 1 fully saturated rings. The van der Waals surface area contributed by atoms with Gasteiger partial charge in [0.05, 0.1) is 5.84 Å². The van der Waals surface area contributed by atoms with Crippen molar-refractivity contribution in [2.75, 3.05) is 31.1 Å². The van der Waals surface area contributed by atoms with Gasteiger partial charge < -0.3 is 9.80 Å². The molecule has 2 rings (SSSR count). The zero-order valence-corrected chi connectivity index (χ0v) is 11.4. The molecule has 0 radical (unpaired) electrons. The van der Waals surface area contributed by atoms with Crippen LogP contribution in [-0.2, 0) is 0 Å². The Morgan fingerprint density at radius 3 is 2.56 bits per heavy atom. The Morgan fingerprint density at radius 1 is 1.22 bits per heavy atom. The first kappa shape index (κ1) is 12.9. The lowest BCUT2D eigenvalue weighted by Gasteiger charge is -2.37. The number of benzene rings is 1. The van der Waals surface area contributed by atoms with E-state index in [1.165, 1.54) is 11.3 Å². The molecule has 3 heteroatoms. The third-order valence-corrected chi connectivity index (χ3v) is 3.51. The smallest absolute Gasteiger partial charge is 0.0958 e. The second-order valence-corrected chi connectivity index (χ2v) is 5.01. The van der Waals surface area contributed by atoms with Gasteiger partial charge in [-0.3, -0.25) is 5.41 Å². The van der Waals surface area contributed by atoms with Crippen molar-refractivity contribution in [2.45, 2.75) is 26.7 Å². The molecule has 0 aromatic heterocycles. The molecule has 1 heterocycles. The van der Waals surface area contributed by atoms with Crippen molar-refractivity contribution < 1.29 is 0 Å². The lowest BCUT2D eigenvalue weighted by molar-refractivity contribution is 0.376. The molecule has 3 nitrogen and oxygen atoms in total. The number of rotatable bonds is 3. The molecular weight excluding hydrogens is 222 g/mol. The van der Waals surface area contributed by atoms with E-state index >= 15 is 0 Å². The molecule has 0 aliphatic carbocycles. The van der Waals surface area contributed by atoms with Crippen LogP contribution < -0.4 is 4.90 Å². The molecular formula is C15H23N3. The fourth-order valence-electron chi connectivity index (χ4n) is 2.45. The first-order valence-corrected chi connectivity index (χ1v) is 6.84. The van der Waals surface area contributed by atoms with E-state index in [9.17, 15) is 0 Å². The minimum absolute atomic E-state index is 0.807. The maximum atomic E-state index is 8.00. The lowest BCUT2D eigenvalue weighted by atomic mass is 10.2. The van der Waals surface area contributed by atoms with Gasteiger partial charge in [-0.05, 0) is 31.0 Å². The van der Waals surface area contributed by atoms with E-state index in [1.807, 2.05) is 0 Å². The van der Waals surface area contributed by atoms with Crippen LogP contribution in [0.2, 0.25) is 0 Å². The van der Waals surface area contributed by atoms with Gasteiger partial charge in [0.2, 0.25) is 0 Å². The van der Waals surface area contributed by atoms with Crippen molar-refractivity contribution in [3.8, 4) is 0 Å². The van der Waals surface area contributed by atoms with E-state index in [0.717, 1.165) is 44.9 Å². The average molecular weight is 245 g/mol.